The molecule has 0 bridgehead atoms. The molecule has 1 aliphatic heterocycles. The van der Waals surface area contributed by atoms with Crippen molar-refractivity contribution in [3.05, 3.63) is 11.3 Å². The number of aromatic nitrogens is 2. The Hall–Kier alpha value is -2.09. The zero-order valence-corrected chi connectivity index (χ0v) is 15.3. The Bertz CT molecular complexity index is 573. The normalized spacial score (nSPS) is 15.4. The van der Waals surface area contributed by atoms with Gasteiger partial charge < -0.3 is 21.1 Å². The Labute approximate surface area is 149 Å². The maximum atomic E-state index is 10.9. The number of nitrogens with zero attached hydrogens (tertiary/aromatic N) is 4. The fourth-order valence-corrected chi connectivity index (χ4v) is 3.09. The average molecular weight is 350 g/mol. The molecule has 0 unspecified atom stereocenters. The molecule has 8 heteroatoms. The van der Waals surface area contributed by atoms with Crippen molar-refractivity contribution >= 4 is 17.9 Å². The van der Waals surface area contributed by atoms with Crippen molar-refractivity contribution in [2.75, 3.05) is 50.3 Å². The van der Waals surface area contributed by atoms with Gasteiger partial charge >= 0.3 is 6.09 Å². The minimum atomic E-state index is -0.822. The van der Waals surface area contributed by atoms with Crippen molar-refractivity contribution in [1.82, 2.24) is 19.8 Å². The Kier molecular flexibility index (Phi) is 7.24. The summed E-state index contributed by atoms with van der Waals surface area (Å²) in [6, 6.07) is 0. The zero-order valence-electron chi connectivity index (χ0n) is 15.3. The molecule has 4 N–H and O–H groups in total. The van der Waals surface area contributed by atoms with Gasteiger partial charge in [0.15, 0.2) is 0 Å². The third-order valence-corrected chi connectivity index (χ3v) is 4.60. The highest BCUT2D eigenvalue weighted by molar-refractivity contribution is 5.65. The number of unbranched alkanes of at least 4 members (excludes halogenated alkanes) is 1. The fourth-order valence-electron chi connectivity index (χ4n) is 3.09. The van der Waals surface area contributed by atoms with Gasteiger partial charge in [-0.1, -0.05) is 13.3 Å². The summed E-state index contributed by atoms with van der Waals surface area (Å²) in [4.78, 5) is 23.4. The van der Waals surface area contributed by atoms with E-state index in [0.29, 0.717) is 19.0 Å². The van der Waals surface area contributed by atoms with Crippen molar-refractivity contribution in [2.24, 2.45) is 0 Å². The third-order valence-electron chi connectivity index (χ3n) is 4.60. The molecule has 0 aromatic carbocycles. The predicted molar refractivity (Wildman–Crippen MR) is 98.9 cm³/mol. The van der Waals surface area contributed by atoms with Crippen LogP contribution in [-0.2, 0) is 6.42 Å². The molecule has 2 heterocycles. The summed E-state index contributed by atoms with van der Waals surface area (Å²) >= 11 is 0. The number of aryl methyl sites for hydroxylation is 1. The Morgan fingerprint density at radius 2 is 1.96 bits per heavy atom. The second-order valence-electron chi connectivity index (χ2n) is 6.49. The lowest BCUT2D eigenvalue weighted by Gasteiger charge is -2.33. The largest absolute Gasteiger partial charge is 0.465 e. The van der Waals surface area contributed by atoms with Crippen LogP contribution in [0.1, 0.15) is 37.4 Å². The molecular weight excluding hydrogens is 320 g/mol. The van der Waals surface area contributed by atoms with Gasteiger partial charge in [0.1, 0.15) is 5.82 Å². The van der Waals surface area contributed by atoms with Crippen molar-refractivity contribution in [1.29, 1.82) is 0 Å². The number of hydrogen-bond donors (Lipinski definition) is 3. The molecule has 1 aliphatic rings. The summed E-state index contributed by atoms with van der Waals surface area (Å²) in [7, 11) is 0. The Morgan fingerprint density at radius 3 is 2.60 bits per heavy atom. The Balaban J connectivity index is 1.86. The molecule has 0 aliphatic carbocycles. The van der Waals surface area contributed by atoms with Gasteiger partial charge in [-0.2, -0.15) is 4.98 Å². The van der Waals surface area contributed by atoms with Crippen LogP contribution in [0.25, 0.3) is 0 Å². The van der Waals surface area contributed by atoms with Crippen molar-refractivity contribution in [2.45, 2.75) is 39.5 Å². The lowest BCUT2D eigenvalue weighted by Crippen LogP contribution is -2.48. The van der Waals surface area contributed by atoms with Gasteiger partial charge in [0.25, 0.3) is 0 Å². The van der Waals surface area contributed by atoms with E-state index in [2.05, 4.69) is 27.1 Å². The Morgan fingerprint density at radius 1 is 1.24 bits per heavy atom. The first-order valence-electron chi connectivity index (χ1n) is 9.08. The third kappa shape index (κ3) is 5.74. The maximum absolute atomic E-state index is 10.9. The van der Waals surface area contributed by atoms with E-state index >= 15 is 0 Å². The number of nitrogens with two attached hydrogens (primary N) is 1. The lowest BCUT2D eigenvalue weighted by molar-refractivity contribution is 0.105. The molecule has 140 valence electrons. The standard InChI is InChI=1S/C17H30N6O2/c1-3-4-7-19-15-14(13(2)20-16(18)21-15)6-5-8-22-9-11-23(12-10-22)17(24)25/h3-12H2,1-2H3,(H,24,25)(H3,18,19,20,21). The van der Waals surface area contributed by atoms with Crippen molar-refractivity contribution < 1.29 is 9.90 Å². The highest BCUT2D eigenvalue weighted by Gasteiger charge is 2.20. The van der Waals surface area contributed by atoms with E-state index in [1.807, 2.05) is 6.92 Å². The van der Waals surface area contributed by atoms with E-state index in [9.17, 15) is 4.79 Å². The highest BCUT2D eigenvalue weighted by atomic mass is 16.4. The van der Waals surface area contributed by atoms with Crippen LogP contribution in [0.15, 0.2) is 0 Å². The van der Waals surface area contributed by atoms with Crippen LogP contribution in [-0.4, -0.2) is 70.2 Å². The van der Waals surface area contributed by atoms with Crippen LogP contribution in [0.5, 0.6) is 0 Å². The molecule has 0 saturated carbocycles. The molecule has 1 aromatic heterocycles. The van der Waals surface area contributed by atoms with E-state index < -0.39 is 6.09 Å². The number of nitrogen functional groups attached to an aromatic ring is 1. The van der Waals surface area contributed by atoms with Gasteiger partial charge in [-0.15, -0.1) is 0 Å². The number of hydrogen-bond acceptors (Lipinski definition) is 6. The topological polar surface area (TPSA) is 108 Å². The zero-order chi connectivity index (χ0) is 18.2. The molecule has 1 fully saturated rings. The van der Waals surface area contributed by atoms with Crippen molar-refractivity contribution in [3.63, 3.8) is 0 Å². The lowest BCUT2D eigenvalue weighted by atomic mass is 10.1. The van der Waals surface area contributed by atoms with E-state index in [-0.39, 0.29) is 0 Å². The second-order valence-corrected chi connectivity index (χ2v) is 6.49. The van der Waals surface area contributed by atoms with Gasteiger partial charge in [-0.05, 0) is 32.7 Å². The van der Waals surface area contributed by atoms with Gasteiger partial charge in [0.05, 0.1) is 0 Å². The summed E-state index contributed by atoms with van der Waals surface area (Å²) in [5.41, 5.74) is 7.86. The van der Waals surface area contributed by atoms with E-state index in [1.54, 1.807) is 0 Å². The number of carboxylic acid groups (broad SMARTS) is 1. The SMILES string of the molecule is CCCCNc1nc(N)nc(C)c1CCCN1CCN(C(=O)O)CC1. The quantitative estimate of drug-likeness (QED) is 0.614. The van der Waals surface area contributed by atoms with E-state index in [4.69, 9.17) is 10.8 Å². The van der Waals surface area contributed by atoms with Crippen LogP contribution in [0, 0.1) is 6.92 Å². The molecule has 2 rings (SSSR count). The molecule has 0 radical (unpaired) electrons. The van der Waals surface area contributed by atoms with Crippen molar-refractivity contribution in [3.8, 4) is 0 Å². The summed E-state index contributed by atoms with van der Waals surface area (Å²) in [5, 5.41) is 12.4. The summed E-state index contributed by atoms with van der Waals surface area (Å²) in [6.07, 6.45) is 3.28. The molecule has 0 atom stereocenters. The monoisotopic (exact) mass is 350 g/mol. The van der Waals surface area contributed by atoms with Gasteiger partial charge in [0.2, 0.25) is 5.95 Å². The molecule has 1 amide bonds. The first kappa shape index (κ1) is 19.2. The second kappa shape index (κ2) is 9.41. The molecule has 1 aromatic rings. The van der Waals surface area contributed by atoms with Crippen LogP contribution in [0.3, 0.4) is 0 Å². The number of amides is 1. The highest BCUT2D eigenvalue weighted by Crippen LogP contribution is 2.19. The van der Waals surface area contributed by atoms with Crippen LogP contribution in [0.2, 0.25) is 0 Å². The van der Waals surface area contributed by atoms with Gasteiger partial charge in [-0.25, -0.2) is 9.78 Å². The van der Waals surface area contributed by atoms with E-state index in [1.165, 1.54) is 4.90 Å². The minimum Gasteiger partial charge on any atom is -0.465 e. The number of rotatable bonds is 8. The molecule has 0 spiro atoms. The summed E-state index contributed by atoms with van der Waals surface area (Å²) < 4.78 is 0. The average Bonchev–Trinajstić information content (AvgIpc) is 2.57. The minimum absolute atomic E-state index is 0.310. The van der Waals surface area contributed by atoms with E-state index in [0.717, 1.165) is 68.9 Å². The van der Waals surface area contributed by atoms with Gasteiger partial charge in [0, 0.05) is 44.0 Å². The number of piperazine rings is 1. The smallest absolute Gasteiger partial charge is 0.407 e. The maximum Gasteiger partial charge on any atom is 0.407 e. The number of anilines is 2. The fraction of sp³-hybridized carbons (Fsp3) is 0.706. The number of carbonyl (C=O) groups is 1. The first-order valence-corrected chi connectivity index (χ1v) is 9.08. The number of nitrogens with one attached hydrogen (secondary N) is 1. The van der Waals surface area contributed by atoms with Crippen LogP contribution in [0.4, 0.5) is 16.6 Å². The molecule has 8 nitrogen and oxygen atoms in total. The first-order chi connectivity index (χ1) is 12.0. The summed E-state index contributed by atoms with van der Waals surface area (Å²) in [5.74, 6) is 1.17. The summed E-state index contributed by atoms with van der Waals surface area (Å²) in [6.45, 7) is 8.74. The van der Waals surface area contributed by atoms with Crippen LogP contribution >= 0.6 is 0 Å². The van der Waals surface area contributed by atoms with Crippen LogP contribution < -0.4 is 11.1 Å². The molecular formula is C17H30N6O2. The molecule has 25 heavy (non-hydrogen) atoms. The predicted octanol–water partition coefficient (Wildman–Crippen LogP) is 1.81. The van der Waals surface area contributed by atoms with Gasteiger partial charge in [-0.3, -0.25) is 4.90 Å². The molecule has 1 saturated heterocycles.